The standard InChI is InChI=1S/C11H10BrNO/c1-7(2)11(14)8-4-9(12)6-10(5-8)13-3/h4-7H,1-2H3. The number of nitrogens with zero attached hydrogens (tertiary/aromatic N) is 1. The second-order valence-corrected chi connectivity index (χ2v) is 4.24. The number of carbonyl (C=O) groups excluding carboxylic acids is 1. The van der Waals surface area contributed by atoms with E-state index in [0.717, 1.165) is 4.47 Å². The second-order valence-electron chi connectivity index (χ2n) is 3.33. The number of hydrogen-bond acceptors (Lipinski definition) is 1. The summed E-state index contributed by atoms with van der Waals surface area (Å²) < 4.78 is 0.773. The summed E-state index contributed by atoms with van der Waals surface area (Å²) in [5, 5.41) is 0. The normalized spacial score (nSPS) is 9.93. The van der Waals surface area contributed by atoms with Gasteiger partial charge < -0.3 is 0 Å². The molecule has 0 aromatic heterocycles. The molecule has 0 spiro atoms. The van der Waals surface area contributed by atoms with Gasteiger partial charge >= 0.3 is 0 Å². The van der Waals surface area contributed by atoms with Crippen molar-refractivity contribution in [2.75, 3.05) is 0 Å². The molecule has 0 aliphatic heterocycles. The number of hydrogen-bond donors (Lipinski definition) is 0. The minimum atomic E-state index is -0.0390. The Balaban J connectivity index is 3.17. The monoisotopic (exact) mass is 251 g/mol. The number of halogens is 1. The van der Waals surface area contributed by atoms with Crippen LogP contribution in [0.1, 0.15) is 24.2 Å². The third-order valence-electron chi connectivity index (χ3n) is 1.82. The zero-order valence-corrected chi connectivity index (χ0v) is 9.63. The third-order valence-corrected chi connectivity index (χ3v) is 2.28. The first-order chi connectivity index (χ1) is 6.54. The molecule has 0 atom stereocenters. The maximum Gasteiger partial charge on any atom is 0.189 e. The number of ketones is 1. The SMILES string of the molecule is [C-]#[N+]c1cc(Br)cc(C(=O)C(C)C)c1. The highest BCUT2D eigenvalue weighted by atomic mass is 79.9. The van der Waals surface area contributed by atoms with Crippen molar-refractivity contribution in [1.82, 2.24) is 0 Å². The summed E-state index contributed by atoms with van der Waals surface area (Å²) in [5.41, 5.74) is 1.09. The van der Waals surface area contributed by atoms with Crippen molar-refractivity contribution in [3.8, 4) is 0 Å². The van der Waals surface area contributed by atoms with E-state index in [1.807, 2.05) is 13.8 Å². The lowest BCUT2D eigenvalue weighted by Crippen LogP contribution is -2.06. The number of Topliss-reactive ketones (excluding diaryl/α,β-unsaturated/α-hetero) is 1. The molecule has 0 saturated heterocycles. The first-order valence-corrected chi connectivity index (χ1v) is 5.06. The fourth-order valence-corrected chi connectivity index (χ4v) is 1.60. The first-order valence-electron chi connectivity index (χ1n) is 4.27. The summed E-state index contributed by atoms with van der Waals surface area (Å²) in [5.74, 6) is 0.0269. The molecule has 72 valence electrons. The summed E-state index contributed by atoms with van der Waals surface area (Å²) in [6.07, 6.45) is 0. The smallest absolute Gasteiger partial charge is 0.189 e. The molecule has 0 radical (unpaired) electrons. The average molecular weight is 252 g/mol. The highest BCUT2D eigenvalue weighted by Crippen LogP contribution is 2.23. The molecule has 1 aromatic carbocycles. The molecule has 1 aromatic rings. The van der Waals surface area contributed by atoms with Crippen molar-refractivity contribution in [2.45, 2.75) is 13.8 Å². The van der Waals surface area contributed by atoms with Gasteiger partial charge in [-0.3, -0.25) is 4.79 Å². The maximum absolute atomic E-state index is 11.6. The van der Waals surface area contributed by atoms with E-state index in [-0.39, 0.29) is 11.7 Å². The van der Waals surface area contributed by atoms with Gasteiger partial charge in [-0.1, -0.05) is 29.8 Å². The van der Waals surface area contributed by atoms with Gasteiger partial charge in [0.05, 0.1) is 6.57 Å². The molecule has 14 heavy (non-hydrogen) atoms. The molecule has 0 aliphatic carbocycles. The van der Waals surface area contributed by atoms with Crippen LogP contribution in [-0.2, 0) is 0 Å². The van der Waals surface area contributed by atoms with Crippen molar-refractivity contribution < 1.29 is 4.79 Å². The van der Waals surface area contributed by atoms with Crippen LogP contribution in [0.5, 0.6) is 0 Å². The summed E-state index contributed by atoms with van der Waals surface area (Å²) in [6, 6.07) is 5.07. The highest BCUT2D eigenvalue weighted by Gasteiger charge is 2.11. The average Bonchev–Trinajstić information content (AvgIpc) is 2.15. The Morgan fingerprint density at radius 3 is 2.57 bits per heavy atom. The van der Waals surface area contributed by atoms with Crippen LogP contribution in [0.4, 0.5) is 5.69 Å². The van der Waals surface area contributed by atoms with Crippen LogP contribution < -0.4 is 0 Å². The Hall–Kier alpha value is -1.14. The predicted molar refractivity (Wildman–Crippen MR) is 59.6 cm³/mol. The third kappa shape index (κ3) is 2.43. The summed E-state index contributed by atoms with van der Waals surface area (Å²) in [7, 11) is 0. The van der Waals surface area contributed by atoms with Gasteiger partial charge in [0, 0.05) is 16.0 Å². The topological polar surface area (TPSA) is 21.4 Å². The van der Waals surface area contributed by atoms with Crippen LogP contribution in [-0.4, -0.2) is 5.78 Å². The van der Waals surface area contributed by atoms with E-state index in [4.69, 9.17) is 6.57 Å². The van der Waals surface area contributed by atoms with Crippen LogP contribution in [0.2, 0.25) is 0 Å². The van der Waals surface area contributed by atoms with Crippen LogP contribution >= 0.6 is 15.9 Å². The summed E-state index contributed by atoms with van der Waals surface area (Å²) in [4.78, 5) is 14.9. The van der Waals surface area contributed by atoms with Gasteiger partial charge in [-0.05, 0) is 18.2 Å². The van der Waals surface area contributed by atoms with Gasteiger partial charge in [0.25, 0.3) is 0 Å². The molecule has 0 N–H and O–H groups in total. The lowest BCUT2D eigenvalue weighted by Gasteiger charge is -2.05. The van der Waals surface area contributed by atoms with Crippen LogP contribution in [0.15, 0.2) is 22.7 Å². The predicted octanol–water partition coefficient (Wildman–Crippen LogP) is 3.84. The van der Waals surface area contributed by atoms with Crippen LogP contribution in [0.3, 0.4) is 0 Å². The van der Waals surface area contributed by atoms with Crippen molar-refractivity contribution in [3.05, 3.63) is 39.7 Å². The van der Waals surface area contributed by atoms with Gasteiger partial charge in [0.2, 0.25) is 0 Å². The van der Waals surface area contributed by atoms with Crippen molar-refractivity contribution >= 4 is 27.4 Å². The molecule has 3 heteroatoms. The minimum absolute atomic E-state index is 0.0390. The highest BCUT2D eigenvalue weighted by molar-refractivity contribution is 9.10. The fourth-order valence-electron chi connectivity index (χ4n) is 1.11. The van der Waals surface area contributed by atoms with Gasteiger partial charge in [-0.15, -0.1) is 0 Å². The van der Waals surface area contributed by atoms with E-state index < -0.39 is 0 Å². The molecular formula is C11H10BrNO. The van der Waals surface area contributed by atoms with E-state index in [1.165, 1.54) is 0 Å². The quantitative estimate of drug-likeness (QED) is 0.578. The zero-order valence-electron chi connectivity index (χ0n) is 8.04. The number of rotatable bonds is 2. The molecule has 0 aliphatic rings. The Morgan fingerprint density at radius 2 is 2.07 bits per heavy atom. The van der Waals surface area contributed by atoms with Gasteiger partial charge in [-0.25, -0.2) is 4.85 Å². The molecule has 0 amide bonds. The van der Waals surface area contributed by atoms with Gasteiger partial charge in [0.15, 0.2) is 11.5 Å². The van der Waals surface area contributed by atoms with Crippen molar-refractivity contribution in [1.29, 1.82) is 0 Å². The van der Waals surface area contributed by atoms with E-state index >= 15 is 0 Å². The molecule has 2 nitrogen and oxygen atoms in total. The van der Waals surface area contributed by atoms with E-state index in [2.05, 4.69) is 20.8 Å². The summed E-state index contributed by atoms with van der Waals surface area (Å²) >= 11 is 3.28. The lowest BCUT2D eigenvalue weighted by atomic mass is 10.0. The number of benzene rings is 1. The Morgan fingerprint density at radius 1 is 1.43 bits per heavy atom. The van der Waals surface area contributed by atoms with E-state index in [1.54, 1.807) is 18.2 Å². The van der Waals surface area contributed by atoms with E-state index in [9.17, 15) is 4.79 Å². The summed E-state index contributed by atoms with van der Waals surface area (Å²) in [6.45, 7) is 10.6. The molecular weight excluding hydrogens is 242 g/mol. The fraction of sp³-hybridized carbons (Fsp3) is 0.273. The van der Waals surface area contributed by atoms with Crippen molar-refractivity contribution in [3.63, 3.8) is 0 Å². The maximum atomic E-state index is 11.6. The minimum Gasteiger partial charge on any atom is -0.294 e. The van der Waals surface area contributed by atoms with Crippen LogP contribution in [0, 0.1) is 12.5 Å². The molecule has 0 heterocycles. The molecule has 0 bridgehead atoms. The molecule has 0 fully saturated rings. The Kier molecular flexibility index (Phi) is 3.43. The van der Waals surface area contributed by atoms with Crippen molar-refractivity contribution in [2.24, 2.45) is 5.92 Å². The second kappa shape index (κ2) is 4.39. The van der Waals surface area contributed by atoms with E-state index in [0.29, 0.717) is 11.3 Å². The zero-order chi connectivity index (χ0) is 10.7. The van der Waals surface area contributed by atoms with Crippen LogP contribution in [0.25, 0.3) is 4.85 Å². The first kappa shape index (κ1) is 10.9. The largest absolute Gasteiger partial charge is 0.294 e. The number of carbonyl (C=O) groups is 1. The molecule has 0 unspecified atom stereocenters. The van der Waals surface area contributed by atoms with Gasteiger partial charge in [0.1, 0.15) is 0 Å². The Bertz CT molecular complexity index is 404. The molecule has 1 rings (SSSR count). The Labute approximate surface area is 91.9 Å². The molecule has 0 saturated carbocycles. The lowest BCUT2D eigenvalue weighted by molar-refractivity contribution is 0.0939. The van der Waals surface area contributed by atoms with Gasteiger partial charge in [-0.2, -0.15) is 0 Å².